The Labute approximate surface area is 141 Å². The lowest BCUT2D eigenvalue weighted by atomic mass is 10.3. The van der Waals surface area contributed by atoms with Crippen LogP contribution in [0.4, 0.5) is 0 Å². The molecule has 5 nitrogen and oxygen atoms in total. The molecule has 0 radical (unpaired) electrons. The smallest absolute Gasteiger partial charge is 0.261 e. The van der Waals surface area contributed by atoms with Crippen molar-refractivity contribution in [3.63, 3.8) is 0 Å². The Hall–Kier alpha value is -0.830. The van der Waals surface area contributed by atoms with E-state index in [4.69, 9.17) is 5.73 Å². The van der Waals surface area contributed by atoms with E-state index in [0.29, 0.717) is 19.0 Å². The Morgan fingerprint density at radius 1 is 1.35 bits per heavy atom. The van der Waals surface area contributed by atoms with Crippen molar-refractivity contribution < 1.29 is 4.79 Å². The Bertz CT molecular complexity index is 395. The summed E-state index contributed by atoms with van der Waals surface area (Å²) in [4.78, 5) is 16.5. The van der Waals surface area contributed by atoms with Crippen molar-refractivity contribution in [3.05, 3.63) is 22.4 Å². The standard InChI is InChI=1S/C13H22N4OS.HI/c1-2-3-7-16-13(14)17-9-5-8-15-12(18)11-6-4-10-19-11;/h4,6,10H,2-3,5,7-9H2,1H3,(H,15,18)(H3,14,16,17);1H. The molecule has 1 aromatic heterocycles. The van der Waals surface area contributed by atoms with Crippen LogP contribution in [-0.2, 0) is 0 Å². The van der Waals surface area contributed by atoms with Gasteiger partial charge in [0.2, 0.25) is 0 Å². The van der Waals surface area contributed by atoms with Crippen LogP contribution >= 0.6 is 35.3 Å². The Morgan fingerprint density at radius 3 is 2.75 bits per heavy atom. The zero-order valence-corrected chi connectivity index (χ0v) is 14.9. The molecule has 4 N–H and O–H groups in total. The zero-order chi connectivity index (χ0) is 13.9. The molecule has 0 aromatic carbocycles. The number of carbonyl (C=O) groups excluding carboxylic acids is 1. The molecule has 0 saturated heterocycles. The quantitative estimate of drug-likeness (QED) is 0.266. The highest BCUT2D eigenvalue weighted by atomic mass is 127. The molecule has 0 aliphatic carbocycles. The van der Waals surface area contributed by atoms with Gasteiger partial charge in [-0.05, 0) is 24.3 Å². The van der Waals surface area contributed by atoms with Gasteiger partial charge in [-0.1, -0.05) is 19.4 Å². The fourth-order valence-electron chi connectivity index (χ4n) is 1.42. The van der Waals surface area contributed by atoms with Crippen LogP contribution in [0, 0.1) is 0 Å². The van der Waals surface area contributed by atoms with Crippen molar-refractivity contribution in [1.82, 2.24) is 10.6 Å². The maximum atomic E-state index is 11.6. The summed E-state index contributed by atoms with van der Waals surface area (Å²) in [6, 6.07) is 3.68. The van der Waals surface area contributed by atoms with Crippen LogP contribution in [0.15, 0.2) is 22.5 Å². The number of carbonyl (C=O) groups is 1. The SMILES string of the molecule is CCCCNC(N)=NCCCNC(=O)c1cccs1.I. The van der Waals surface area contributed by atoms with Crippen LogP contribution in [0.2, 0.25) is 0 Å². The summed E-state index contributed by atoms with van der Waals surface area (Å²) in [7, 11) is 0. The van der Waals surface area contributed by atoms with Crippen LogP contribution in [0.25, 0.3) is 0 Å². The number of aliphatic imine (C=N–C) groups is 1. The minimum Gasteiger partial charge on any atom is -0.370 e. The predicted molar refractivity (Wildman–Crippen MR) is 96.1 cm³/mol. The van der Waals surface area contributed by atoms with Crippen molar-refractivity contribution in [2.24, 2.45) is 10.7 Å². The van der Waals surface area contributed by atoms with Gasteiger partial charge in [0.1, 0.15) is 0 Å². The molecule has 0 aliphatic heterocycles. The first-order chi connectivity index (χ1) is 9.24. The van der Waals surface area contributed by atoms with Crippen molar-refractivity contribution >= 4 is 47.2 Å². The third-order valence-corrected chi connectivity index (χ3v) is 3.35. The third-order valence-electron chi connectivity index (χ3n) is 2.48. The van der Waals surface area contributed by atoms with E-state index in [-0.39, 0.29) is 29.9 Å². The van der Waals surface area contributed by atoms with E-state index < -0.39 is 0 Å². The maximum Gasteiger partial charge on any atom is 0.261 e. The van der Waals surface area contributed by atoms with E-state index in [1.165, 1.54) is 11.3 Å². The van der Waals surface area contributed by atoms with E-state index in [1.807, 2.05) is 17.5 Å². The molecule has 1 heterocycles. The number of hydrogen-bond donors (Lipinski definition) is 3. The highest BCUT2D eigenvalue weighted by molar-refractivity contribution is 14.0. The number of guanidine groups is 1. The number of unbranched alkanes of at least 4 members (excludes halogenated alkanes) is 1. The number of amides is 1. The molecule has 0 aliphatic rings. The summed E-state index contributed by atoms with van der Waals surface area (Å²) >= 11 is 1.44. The number of nitrogens with two attached hydrogens (primary N) is 1. The lowest BCUT2D eigenvalue weighted by molar-refractivity contribution is 0.0957. The zero-order valence-electron chi connectivity index (χ0n) is 11.7. The Balaban J connectivity index is 0.00000361. The van der Waals surface area contributed by atoms with Crippen LogP contribution in [0.3, 0.4) is 0 Å². The van der Waals surface area contributed by atoms with Gasteiger partial charge in [0, 0.05) is 19.6 Å². The highest BCUT2D eigenvalue weighted by Gasteiger charge is 2.04. The normalized spacial score (nSPS) is 10.8. The van der Waals surface area contributed by atoms with Crippen LogP contribution in [0.1, 0.15) is 35.9 Å². The van der Waals surface area contributed by atoms with E-state index in [2.05, 4.69) is 22.5 Å². The summed E-state index contributed by atoms with van der Waals surface area (Å²) in [5.41, 5.74) is 5.69. The van der Waals surface area contributed by atoms with E-state index in [0.717, 1.165) is 30.7 Å². The lowest BCUT2D eigenvalue weighted by Crippen LogP contribution is -2.32. The van der Waals surface area contributed by atoms with Crippen molar-refractivity contribution in [1.29, 1.82) is 0 Å². The molecule has 0 spiro atoms. The lowest BCUT2D eigenvalue weighted by Gasteiger charge is -2.05. The van der Waals surface area contributed by atoms with Gasteiger partial charge in [-0.3, -0.25) is 9.79 Å². The predicted octanol–water partition coefficient (Wildman–Crippen LogP) is 2.19. The van der Waals surface area contributed by atoms with Gasteiger partial charge >= 0.3 is 0 Å². The second-order valence-electron chi connectivity index (χ2n) is 4.13. The molecule has 1 amide bonds. The van der Waals surface area contributed by atoms with Crippen LogP contribution in [-0.4, -0.2) is 31.5 Å². The molecule has 20 heavy (non-hydrogen) atoms. The Morgan fingerprint density at radius 2 is 2.10 bits per heavy atom. The van der Waals surface area contributed by atoms with Gasteiger partial charge in [0.05, 0.1) is 4.88 Å². The van der Waals surface area contributed by atoms with E-state index in [1.54, 1.807) is 0 Å². The molecule has 0 atom stereocenters. The summed E-state index contributed by atoms with van der Waals surface area (Å²) in [6.45, 7) is 4.23. The largest absolute Gasteiger partial charge is 0.370 e. The Kier molecular flexibility index (Phi) is 11.5. The first-order valence-corrected chi connectivity index (χ1v) is 7.47. The molecule has 1 rings (SSSR count). The fraction of sp³-hybridized carbons (Fsp3) is 0.538. The van der Waals surface area contributed by atoms with Gasteiger partial charge in [0.15, 0.2) is 5.96 Å². The number of halogens is 1. The number of nitrogens with one attached hydrogen (secondary N) is 2. The first kappa shape index (κ1) is 19.2. The number of nitrogens with zero attached hydrogens (tertiary/aromatic N) is 1. The highest BCUT2D eigenvalue weighted by Crippen LogP contribution is 2.07. The summed E-state index contributed by atoms with van der Waals surface area (Å²) < 4.78 is 0. The van der Waals surface area contributed by atoms with E-state index in [9.17, 15) is 4.79 Å². The third kappa shape index (κ3) is 8.36. The van der Waals surface area contributed by atoms with Gasteiger partial charge in [0.25, 0.3) is 5.91 Å². The molecule has 0 bridgehead atoms. The molecular formula is C13H23IN4OS. The number of hydrogen-bond acceptors (Lipinski definition) is 3. The average Bonchev–Trinajstić information content (AvgIpc) is 2.92. The summed E-state index contributed by atoms with van der Waals surface area (Å²) in [5, 5.41) is 7.79. The molecule has 114 valence electrons. The molecular weight excluding hydrogens is 387 g/mol. The number of rotatable bonds is 8. The summed E-state index contributed by atoms with van der Waals surface area (Å²) in [6.07, 6.45) is 3.01. The second kappa shape index (κ2) is 12.0. The molecule has 0 fully saturated rings. The fourth-order valence-corrected chi connectivity index (χ4v) is 2.06. The van der Waals surface area contributed by atoms with E-state index >= 15 is 0 Å². The van der Waals surface area contributed by atoms with Crippen molar-refractivity contribution in [2.75, 3.05) is 19.6 Å². The van der Waals surface area contributed by atoms with Gasteiger partial charge in [-0.25, -0.2) is 0 Å². The molecule has 7 heteroatoms. The van der Waals surface area contributed by atoms with Crippen LogP contribution in [0.5, 0.6) is 0 Å². The second-order valence-corrected chi connectivity index (χ2v) is 5.08. The molecule has 1 aromatic rings. The maximum absolute atomic E-state index is 11.6. The topological polar surface area (TPSA) is 79.5 Å². The minimum atomic E-state index is -0.0203. The van der Waals surface area contributed by atoms with Crippen LogP contribution < -0.4 is 16.4 Å². The van der Waals surface area contributed by atoms with Gasteiger partial charge in [-0.15, -0.1) is 35.3 Å². The van der Waals surface area contributed by atoms with Gasteiger partial charge < -0.3 is 16.4 Å². The summed E-state index contributed by atoms with van der Waals surface area (Å²) in [5.74, 6) is 0.464. The van der Waals surface area contributed by atoms with Crippen molar-refractivity contribution in [2.45, 2.75) is 26.2 Å². The average molecular weight is 410 g/mol. The first-order valence-electron chi connectivity index (χ1n) is 6.59. The van der Waals surface area contributed by atoms with Crippen molar-refractivity contribution in [3.8, 4) is 0 Å². The monoisotopic (exact) mass is 410 g/mol. The molecule has 0 unspecified atom stereocenters. The molecule has 0 saturated carbocycles. The minimum absolute atomic E-state index is 0. The van der Waals surface area contributed by atoms with Gasteiger partial charge in [-0.2, -0.15) is 0 Å². The number of thiophene rings is 1.